The van der Waals surface area contributed by atoms with Crippen molar-refractivity contribution >= 4 is 36.0 Å². The van der Waals surface area contributed by atoms with E-state index >= 15 is 0 Å². The number of nitrogen functional groups attached to an aromatic ring is 1. The number of hydrogen-bond acceptors (Lipinski definition) is 16. The fourth-order valence-corrected chi connectivity index (χ4v) is 5.79. The second-order valence-corrected chi connectivity index (χ2v) is 10.9. The Morgan fingerprint density at radius 2 is 1.67 bits per heavy atom. The number of phosphoric acid groups is 1. The van der Waals surface area contributed by atoms with Gasteiger partial charge in [0.15, 0.2) is 29.4 Å². The minimum atomic E-state index is -5.08. The third kappa shape index (κ3) is 4.80. The molecule has 226 valence electrons. The number of imidazole rings is 2. The quantitative estimate of drug-likeness (QED) is 0.0883. The van der Waals surface area contributed by atoms with E-state index in [0.29, 0.717) is 0 Å². The summed E-state index contributed by atoms with van der Waals surface area (Å²) in [7, 11) is -5.08. The molecule has 0 aliphatic carbocycles. The van der Waals surface area contributed by atoms with E-state index in [0.717, 1.165) is 10.9 Å². The molecule has 0 aromatic carbocycles. The lowest BCUT2D eigenvalue weighted by Crippen LogP contribution is -2.36. The summed E-state index contributed by atoms with van der Waals surface area (Å²) in [4.78, 5) is 54.6. The van der Waals surface area contributed by atoms with E-state index in [1.807, 2.05) is 4.98 Å². The molecule has 4 aromatic rings. The first-order valence-corrected chi connectivity index (χ1v) is 13.7. The van der Waals surface area contributed by atoms with Gasteiger partial charge in [-0.15, -0.1) is 0 Å². The van der Waals surface area contributed by atoms with Crippen LogP contribution in [0.2, 0.25) is 0 Å². The van der Waals surface area contributed by atoms with Gasteiger partial charge in [0.25, 0.3) is 5.56 Å². The molecule has 6 rings (SSSR count). The molecule has 4 aromatic heterocycles. The van der Waals surface area contributed by atoms with Crippen LogP contribution in [-0.4, -0.2) is 114 Å². The summed E-state index contributed by atoms with van der Waals surface area (Å²) in [5, 5.41) is 41.4. The molecule has 1 unspecified atom stereocenters. The highest BCUT2D eigenvalue weighted by molar-refractivity contribution is 7.47. The first kappa shape index (κ1) is 28.5. The molecule has 6 heterocycles. The van der Waals surface area contributed by atoms with Crippen molar-refractivity contribution in [3.8, 4) is 0 Å². The molecule has 9 N–H and O–H groups in total. The zero-order valence-electron chi connectivity index (χ0n) is 21.1. The number of aromatic nitrogens is 8. The molecule has 42 heavy (non-hydrogen) atoms. The number of phosphoric ester groups is 1. The number of aliphatic hydroxyl groups excluding tert-OH is 4. The van der Waals surface area contributed by atoms with Gasteiger partial charge in [0.2, 0.25) is 0 Å². The van der Waals surface area contributed by atoms with Crippen molar-refractivity contribution < 1.29 is 48.4 Å². The van der Waals surface area contributed by atoms with E-state index in [1.165, 1.54) is 17.2 Å². The van der Waals surface area contributed by atoms with Crippen molar-refractivity contribution in [3.05, 3.63) is 39.8 Å². The fraction of sp³-hybridized carbons (Fsp3) is 0.500. The summed E-state index contributed by atoms with van der Waals surface area (Å²) >= 11 is 0. The number of rotatable bonds is 8. The van der Waals surface area contributed by atoms with Crippen molar-refractivity contribution in [3.63, 3.8) is 0 Å². The molecule has 2 saturated heterocycles. The van der Waals surface area contributed by atoms with E-state index in [9.17, 15) is 39.5 Å². The van der Waals surface area contributed by atoms with Gasteiger partial charge in [0, 0.05) is 0 Å². The maximum atomic E-state index is 13.0. The number of anilines is 1. The summed E-state index contributed by atoms with van der Waals surface area (Å²) in [6.07, 6.45) is -8.33. The minimum Gasteiger partial charge on any atom is -0.394 e. The van der Waals surface area contributed by atoms with Gasteiger partial charge < -0.3 is 40.5 Å². The Morgan fingerprint density at radius 1 is 0.952 bits per heavy atom. The van der Waals surface area contributed by atoms with Crippen LogP contribution in [0.1, 0.15) is 12.5 Å². The molecule has 0 radical (unpaired) electrons. The van der Waals surface area contributed by atoms with Gasteiger partial charge in [-0.3, -0.25) is 32.9 Å². The van der Waals surface area contributed by atoms with Gasteiger partial charge in [-0.2, -0.15) is 0 Å². The van der Waals surface area contributed by atoms with Crippen LogP contribution in [-0.2, 0) is 23.1 Å². The number of nitrogens with zero attached hydrogens (tertiary/aromatic N) is 6. The highest BCUT2D eigenvalue weighted by atomic mass is 31.2. The summed E-state index contributed by atoms with van der Waals surface area (Å²) < 4.78 is 36.8. The van der Waals surface area contributed by atoms with Crippen molar-refractivity contribution in [2.45, 2.75) is 49.1 Å². The van der Waals surface area contributed by atoms with Gasteiger partial charge in [0.1, 0.15) is 54.1 Å². The van der Waals surface area contributed by atoms with Gasteiger partial charge in [-0.1, -0.05) is 0 Å². The largest absolute Gasteiger partial charge is 0.472 e. The number of aliphatic hydroxyl groups is 4. The average Bonchev–Trinajstić information content (AvgIpc) is 3.69. The number of nitrogens with one attached hydrogen (secondary N) is 2. The summed E-state index contributed by atoms with van der Waals surface area (Å²) in [6, 6.07) is 0. The Morgan fingerprint density at radius 3 is 2.43 bits per heavy atom. The molecule has 2 fully saturated rings. The zero-order valence-corrected chi connectivity index (χ0v) is 22.0. The normalized spacial score (nSPS) is 31.3. The Kier molecular flexibility index (Phi) is 7.17. The van der Waals surface area contributed by atoms with E-state index in [2.05, 4.69) is 24.9 Å². The maximum Gasteiger partial charge on any atom is 0.472 e. The minimum absolute atomic E-state index is 0.0757. The summed E-state index contributed by atoms with van der Waals surface area (Å²) in [6.45, 7) is -1.49. The SMILES string of the molecule is Nc1ncnc2c1ncn2[C@@H]1O[C@H](COP(=O)(O)O[C@@H]2[C@H](O)[C@@H](CO)O[C@H]2n2cnc3c(=O)[nH]c(=O)[nH]c32)[C@@H](O)[C@H]1O. The van der Waals surface area contributed by atoms with Gasteiger partial charge in [0.05, 0.1) is 25.9 Å². The molecular formula is C20H24N9O12P. The highest BCUT2D eigenvalue weighted by Gasteiger charge is 2.50. The van der Waals surface area contributed by atoms with Crippen LogP contribution >= 0.6 is 7.82 Å². The molecule has 2 aliphatic heterocycles. The van der Waals surface area contributed by atoms with Crippen molar-refractivity contribution in [2.24, 2.45) is 0 Å². The second-order valence-electron chi connectivity index (χ2n) is 9.46. The number of ether oxygens (including phenoxy) is 2. The van der Waals surface area contributed by atoms with E-state index in [-0.39, 0.29) is 28.1 Å². The van der Waals surface area contributed by atoms with Crippen LogP contribution in [0.3, 0.4) is 0 Å². The summed E-state index contributed by atoms with van der Waals surface area (Å²) in [5.74, 6) is 0.0757. The van der Waals surface area contributed by atoms with Crippen LogP contribution < -0.4 is 17.0 Å². The number of hydrogen-bond donors (Lipinski definition) is 8. The van der Waals surface area contributed by atoms with Crippen molar-refractivity contribution in [1.82, 2.24) is 39.0 Å². The average molecular weight is 613 g/mol. The smallest absolute Gasteiger partial charge is 0.394 e. The third-order valence-electron chi connectivity index (χ3n) is 6.89. The van der Waals surface area contributed by atoms with E-state index in [4.69, 9.17) is 24.3 Å². The van der Waals surface area contributed by atoms with Crippen molar-refractivity contribution in [2.75, 3.05) is 18.9 Å². The Bertz CT molecular complexity index is 1790. The lowest BCUT2D eigenvalue weighted by atomic mass is 10.1. The Balaban J connectivity index is 1.19. The first-order valence-electron chi connectivity index (χ1n) is 12.2. The topological polar surface area (TPSA) is 308 Å². The lowest BCUT2D eigenvalue weighted by molar-refractivity contribution is -0.0616. The Labute approximate surface area is 231 Å². The van der Waals surface area contributed by atoms with Crippen LogP contribution in [0.5, 0.6) is 0 Å². The number of fused-ring (bicyclic) bond motifs is 2. The predicted molar refractivity (Wildman–Crippen MR) is 134 cm³/mol. The zero-order chi connectivity index (χ0) is 29.9. The standard InChI is InChI=1S/C20H24N9O12P/c21-14-8-15(23-3-22-14)28(4-24-8)18-12(33)10(31)7(40-18)2-38-42(36,37)41-13-11(32)6(1-30)39-19(13)29-5-25-9-16(29)26-20(35)27-17(9)34/h3-7,10-13,18-19,30-33H,1-2H2,(H,36,37)(H2,21,22,23)(H2,26,27,34,35)/t6-,7-,10-,11-,12-,13-,18-,19-/m1/s1. The van der Waals surface area contributed by atoms with E-state index in [1.54, 1.807) is 0 Å². The molecule has 0 bridgehead atoms. The number of H-pyrrole nitrogens is 2. The fourth-order valence-electron chi connectivity index (χ4n) is 4.86. The van der Waals surface area contributed by atoms with Crippen LogP contribution in [0.15, 0.2) is 28.6 Å². The molecule has 0 amide bonds. The van der Waals surface area contributed by atoms with Crippen molar-refractivity contribution in [1.29, 1.82) is 0 Å². The molecule has 0 saturated carbocycles. The van der Waals surface area contributed by atoms with Crippen LogP contribution in [0.4, 0.5) is 5.82 Å². The monoisotopic (exact) mass is 613 g/mol. The van der Waals surface area contributed by atoms with Gasteiger partial charge in [-0.05, 0) is 0 Å². The van der Waals surface area contributed by atoms with Crippen LogP contribution in [0, 0.1) is 0 Å². The summed E-state index contributed by atoms with van der Waals surface area (Å²) in [5.41, 5.74) is 4.15. The lowest BCUT2D eigenvalue weighted by Gasteiger charge is -2.25. The molecule has 9 atom stereocenters. The molecule has 22 heteroatoms. The molecule has 0 spiro atoms. The van der Waals surface area contributed by atoms with Crippen LogP contribution in [0.25, 0.3) is 22.3 Å². The number of nitrogens with two attached hydrogens (primary N) is 1. The molecule has 21 nitrogen and oxygen atoms in total. The predicted octanol–water partition coefficient (Wildman–Crippen LogP) is -3.79. The highest BCUT2D eigenvalue weighted by Crippen LogP contribution is 2.50. The van der Waals surface area contributed by atoms with Gasteiger partial charge >= 0.3 is 13.5 Å². The van der Waals surface area contributed by atoms with Gasteiger partial charge in [-0.25, -0.2) is 29.3 Å². The number of aromatic amines is 2. The Hall–Kier alpha value is -3.63. The third-order valence-corrected chi connectivity index (χ3v) is 7.88. The molecule has 2 aliphatic rings. The molecular weight excluding hydrogens is 589 g/mol. The first-order chi connectivity index (χ1) is 20.0. The van der Waals surface area contributed by atoms with E-state index < -0.39 is 81.4 Å². The maximum absolute atomic E-state index is 13.0. The second kappa shape index (κ2) is 10.6.